The number of hydrogen-bond donors (Lipinski definition) is 1. The molecule has 1 unspecified atom stereocenters. The van der Waals surface area contributed by atoms with Gasteiger partial charge in [-0.25, -0.2) is 0 Å². The SMILES string of the molecule is O=C(Nc1ccc(Br)cc1Br)C1CC(=O)N(c2ccc3c(c2)OCCO3)C1. The number of rotatable bonds is 3. The van der Waals surface area contributed by atoms with Crippen molar-refractivity contribution in [1.82, 2.24) is 0 Å². The number of carbonyl (C=O) groups excluding carboxylic acids is 2. The molecular weight excluding hydrogens is 480 g/mol. The summed E-state index contributed by atoms with van der Waals surface area (Å²) in [5.41, 5.74) is 1.39. The van der Waals surface area contributed by atoms with E-state index in [1.165, 1.54) is 0 Å². The van der Waals surface area contributed by atoms with Crippen LogP contribution in [-0.2, 0) is 9.59 Å². The van der Waals surface area contributed by atoms with Gasteiger partial charge in [0.2, 0.25) is 11.8 Å². The van der Waals surface area contributed by atoms with E-state index in [9.17, 15) is 9.59 Å². The number of fused-ring (bicyclic) bond motifs is 1. The molecule has 4 rings (SSSR count). The fraction of sp³-hybridized carbons (Fsp3) is 0.263. The monoisotopic (exact) mass is 494 g/mol. The van der Waals surface area contributed by atoms with Crippen LogP contribution in [0.4, 0.5) is 11.4 Å². The van der Waals surface area contributed by atoms with E-state index in [0.717, 1.165) is 8.95 Å². The van der Waals surface area contributed by atoms with Crippen LogP contribution in [0.25, 0.3) is 0 Å². The lowest BCUT2D eigenvalue weighted by Crippen LogP contribution is -2.28. The fourth-order valence-electron chi connectivity index (χ4n) is 3.16. The molecule has 27 heavy (non-hydrogen) atoms. The molecule has 0 spiro atoms. The van der Waals surface area contributed by atoms with Crippen molar-refractivity contribution in [3.63, 3.8) is 0 Å². The minimum Gasteiger partial charge on any atom is -0.486 e. The van der Waals surface area contributed by atoms with Crippen molar-refractivity contribution in [3.8, 4) is 11.5 Å². The molecule has 2 aliphatic heterocycles. The third-order valence-corrected chi connectivity index (χ3v) is 5.67. The average molecular weight is 496 g/mol. The fourth-order valence-corrected chi connectivity index (χ4v) is 4.30. The van der Waals surface area contributed by atoms with Crippen LogP contribution in [0.2, 0.25) is 0 Å². The van der Waals surface area contributed by atoms with E-state index < -0.39 is 5.92 Å². The summed E-state index contributed by atoms with van der Waals surface area (Å²) < 4.78 is 12.8. The Bertz CT molecular complexity index is 919. The third kappa shape index (κ3) is 3.82. The third-order valence-electron chi connectivity index (χ3n) is 4.52. The summed E-state index contributed by atoms with van der Waals surface area (Å²) in [7, 11) is 0. The van der Waals surface area contributed by atoms with Gasteiger partial charge in [0.05, 0.1) is 11.6 Å². The van der Waals surface area contributed by atoms with E-state index in [2.05, 4.69) is 37.2 Å². The second kappa shape index (κ2) is 7.52. The van der Waals surface area contributed by atoms with Crippen LogP contribution in [0.3, 0.4) is 0 Å². The first kappa shape index (κ1) is 18.3. The average Bonchev–Trinajstić information content (AvgIpc) is 3.05. The van der Waals surface area contributed by atoms with E-state index in [4.69, 9.17) is 9.47 Å². The van der Waals surface area contributed by atoms with Crippen molar-refractivity contribution >= 4 is 55.0 Å². The van der Waals surface area contributed by atoms with Crippen LogP contribution in [0.15, 0.2) is 45.3 Å². The summed E-state index contributed by atoms with van der Waals surface area (Å²) in [5, 5.41) is 2.89. The van der Waals surface area contributed by atoms with Crippen molar-refractivity contribution in [2.75, 3.05) is 30.0 Å². The van der Waals surface area contributed by atoms with Gasteiger partial charge >= 0.3 is 0 Å². The lowest BCUT2D eigenvalue weighted by Gasteiger charge is -2.22. The molecule has 1 atom stereocenters. The van der Waals surface area contributed by atoms with Crippen molar-refractivity contribution < 1.29 is 19.1 Å². The van der Waals surface area contributed by atoms with Gasteiger partial charge in [0.25, 0.3) is 0 Å². The van der Waals surface area contributed by atoms with E-state index >= 15 is 0 Å². The normalized spacial score (nSPS) is 18.5. The molecule has 2 amide bonds. The largest absolute Gasteiger partial charge is 0.486 e. The van der Waals surface area contributed by atoms with E-state index in [0.29, 0.717) is 42.6 Å². The van der Waals surface area contributed by atoms with Gasteiger partial charge in [0.1, 0.15) is 13.2 Å². The maximum Gasteiger partial charge on any atom is 0.229 e. The maximum absolute atomic E-state index is 12.6. The standard InChI is InChI=1S/C19H16Br2N2O4/c20-12-1-3-15(14(21)8-12)22-19(25)11-7-18(24)23(10-11)13-2-4-16-17(9-13)27-6-5-26-16/h1-4,8-9,11H,5-7,10H2,(H,22,25). The summed E-state index contributed by atoms with van der Waals surface area (Å²) in [4.78, 5) is 26.7. The highest BCUT2D eigenvalue weighted by Gasteiger charge is 2.35. The number of hydrogen-bond acceptors (Lipinski definition) is 4. The Labute approximate surface area is 173 Å². The smallest absolute Gasteiger partial charge is 0.229 e. The van der Waals surface area contributed by atoms with Crippen molar-refractivity contribution in [2.24, 2.45) is 5.92 Å². The molecule has 2 heterocycles. The number of ether oxygens (including phenoxy) is 2. The van der Waals surface area contributed by atoms with Crippen LogP contribution >= 0.6 is 31.9 Å². The molecule has 1 fully saturated rings. The summed E-state index contributed by atoms with van der Waals surface area (Å²) in [6.45, 7) is 1.33. The Balaban J connectivity index is 1.48. The Hall–Kier alpha value is -2.06. The van der Waals surface area contributed by atoms with Crippen molar-refractivity contribution in [3.05, 3.63) is 45.3 Å². The van der Waals surface area contributed by atoms with Gasteiger partial charge in [-0.3, -0.25) is 9.59 Å². The number of benzene rings is 2. The molecule has 2 aliphatic rings. The number of halogens is 2. The molecule has 0 aromatic heterocycles. The molecule has 0 radical (unpaired) electrons. The van der Waals surface area contributed by atoms with Crippen LogP contribution in [0, 0.1) is 5.92 Å². The van der Waals surface area contributed by atoms with E-state index in [1.807, 2.05) is 18.2 Å². The van der Waals surface area contributed by atoms with Gasteiger partial charge in [-0.05, 0) is 46.3 Å². The maximum atomic E-state index is 12.6. The number of amides is 2. The first-order valence-electron chi connectivity index (χ1n) is 8.47. The van der Waals surface area contributed by atoms with Crippen LogP contribution in [0.5, 0.6) is 11.5 Å². The number of carbonyl (C=O) groups is 2. The quantitative estimate of drug-likeness (QED) is 0.699. The molecule has 0 aliphatic carbocycles. The molecular formula is C19H16Br2N2O4. The van der Waals surface area contributed by atoms with Gasteiger partial charge in [0.15, 0.2) is 11.5 Å². The molecule has 0 saturated carbocycles. The zero-order valence-electron chi connectivity index (χ0n) is 14.2. The van der Waals surface area contributed by atoms with Gasteiger partial charge < -0.3 is 19.7 Å². The molecule has 1 N–H and O–H groups in total. The van der Waals surface area contributed by atoms with Gasteiger partial charge in [-0.15, -0.1) is 0 Å². The van der Waals surface area contributed by atoms with Gasteiger partial charge in [-0.1, -0.05) is 15.9 Å². The lowest BCUT2D eigenvalue weighted by atomic mass is 10.1. The second-order valence-corrected chi connectivity index (χ2v) is 8.12. The summed E-state index contributed by atoms with van der Waals surface area (Å²) in [5.74, 6) is 0.624. The summed E-state index contributed by atoms with van der Waals surface area (Å²) >= 11 is 6.82. The Morgan fingerprint density at radius 1 is 1.07 bits per heavy atom. The zero-order valence-corrected chi connectivity index (χ0v) is 17.4. The Morgan fingerprint density at radius 2 is 1.85 bits per heavy atom. The zero-order chi connectivity index (χ0) is 19.0. The van der Waals surface area contributed by atoms with E-state index in [1.54, 1.807) is 23.1 Å². The van der Waals surface area contributed by atoms with Gasteiger partial charge in [-0.2, -0.15) is 0 Å². The molecule has 6 nitrogen and oxygen atoms in total. The predicted molar refractivity (Wildman–Crippen MR) is 108 cm³/mol. The van der Waals surface area contributed by atoms with E-state index in [-0.39, 0.29) is 18.2 Å². The number of nitrogens with zero attached hydrogens (tertiary/aromatic N) is 1. The first-order chi connectivity index (χ1) is 13.0. The molecule has 0 bridgehead atoms. The minimum atomic E-state index is -0.416. The molecule has 2 aromatic carbocycles. The Morgan fingerprint density at radius 3 is 2.63 bits per heavy atom. The highest BCUT2D eigenvalue weighted by molar-refractivity contribution is 9.11. The first-order valence-corrected chi connectivity index (χ1v) is 10.1. The topological polar surface area (TPSA) is 67.9 Å². The predicted octanol–water partition coefficient (Wildman–Crippen LogP) is 3.97. The number of anilines is 2. The van der Waals surface area contributed by atoms with Crippen molar-refractivity contribution in [1.29, 1.82) is 0 Å². The second-order valence-electron chi connectivity index (χ2n) is 6.35. The number of nitrogens with one attached hydrogen (secondary N) is 1. The summed E-state index contributed by atoms with van der Waals surface area (Å²) in [6, 6.07) is 10.9. The Kier molecular flexibility index (Phi) is 5.10. The molecule has 2 aromatic rings. The minimum absolute atomic E-state index is 0.0818. The highest BCUT2D eigenvalue weighted by atomic mass is 79.9. The van der Waals surface area contributed by atoms with Crippen LogP contribution in [-0.4, -0.2) is 31.6 Å². The molecule has 140 valence electrons. The highest BCUT2D eigenvalue weighted by Crippen LogP contribution is 2.36. The molecule has 8 heteroatoms. The summed E-state index contributed by atoms with van der Waals surface area (Å²) in [6.07, 6.45) is 0.175. The van der Waals surface area contributed by atoms with Crippen molar-refractivity contribution in [2.45, 2.75) is 6.42 Å². The molecule has 1 saturated heterocycles. The van der Waals surface area contributed by atoms with Crippen LogP contribution in [0.1, 0.15) is 6.42 Å². The van der Waals surface area contributed by atoms with Crippen LogP contribution < -0.4 is 19.7 Å². The lowest BCUT2D eigenvalue weighted by molar-refractivity contribution is -0.122. The van der Waals surface area contributed by atoms with Gasteiger partial charge in [0, 0.05) is 33.7 Å².